The average Bonchev–Trinajstić information content (AvgIpc) is 3.55. The summed E-state index contributed by atoms with van der Waals surface area (Å²) in [6.45, 7) is 0. The Morgan fingerprint density at radius 2 is 1.15 bits per heavy atom. The molecule has 3 heteroatoms. The Bertz CT molecular complexity index is 2500. The minimum atomic E-state index is 1.12. The maximum absolute atomic E-state index is 3.63. The van der Waals surface area contributed by atoms with Gasteiger partial charge in [-0.15, -0.1) is 11.3 Å². The summed E-state index contributed by atoms with van der Waals surface area (Å²) in [5.74, 6) is 0. The van der Waals surface area contributed by atoms with Gasteiger partial charge in [0.2, 0.25) is 0 Å². The van der Waals surface area contributed by atoms with Crippen LogP contribution in [0.3, 0.4) is 0 Å². The second-order valence-corrected chi connectivity index (χ2v) is 12.7. The van der Waals surface area contributed by atoms with Gasteiger partial charge in [-0.05, 0) is 87.3 Å². The molecular formula is C38H22BrNS. The van der Waals surface area contributed by atoms with Crippen LogP contribution in [0.1, 0.15) is 0 Å². The number of rotatable bonds is 2. The van der Waals surface area contributed by atoms with Gasteiger partial charge in [0.05, 0.1) is 11.0 Å². The van der Waals surface area contributed by atoms with E-state index >= 15 is 0 Å². The van der Waals surface area contributed by atoms with Crippen molar-refractivity contribution in [1.82, 2.24) is 4.57 Å². The van der Waals surface area contributed by atoms with Crippen molar-refractivity contribution in [3.05, 3.63) is 138 Å². The molecule has 2 heterocycles. The molecule has 0 spiro atoms. The molecule has 0 saturated heterocycles. The fourth-order valence-electron chi connectivity index (χ4n) is 6.49. The fraction of sp³-hybridized carbons (Fsp3) is 0. The Labute approximate surface area is 249 Å². The quantitative estimate of drug-likeness (QED) is 0.173. The molecule has 9 rings (SSSR count). The zero-order chi connectivity index (χ0) is 27.1. The highest BCUT2D eigenvalue weighted by molar-refractivity contribution is 9.10. The standard InChI is InChI=1S/C38H22BrNS/c39-27-14-16-31-34-20-26(13-18-37(34)41-38(31)21-27)25-12-17-36-33(19-25)30-7-3-4-8-35(30)40(36)28-15-11-24-10-9-23-5-1-2-6-29(23)32(24)22-28/h1-22H. The van der Waals surface area contributed by atoms with Crippen molar-refractivity contribution in [2.75, 3.05) is 0 Å². The van der Waals surface area contributed by atoms with Gasteiger partial charge < -0.3 is 4.57 Å². The number of fused-ring (bicyclic) bond motifs is 9. The predicted octanol–water partition coefficient (Wildman–Crippen LogP) is 11.9. The number of benzene rings is 7. The van der Waals surface area contributed by atoms with Crippen LogP contribution in [0, 0.1) is 0 Å². The number of nitrogens with zero attached hydrogens (tertiary/aromatic N) is 1. The summed E-state index contributed by atoms with van der Waals surface area (Å²) >= 11 is 5.48. The molecule has 0 aliphatic rings. The van der Waals surface area contributed by atoms with Crippen LogP contribution in [0.25, 0.3) is 80.3 Å². The maximum Gasteiger partial charge on any atom is 0.0541 e. The van der Waals surface area contributed by atoms with E-state index in [0.29, 0.717) is 0 Å². The Kier molecular flexibility index (Phi) is 4.98. The Balaban J connectivity index is 1.27. The topological polar surface area (TPSA) is 4.93 Å². The summed E-state index contributed by atoms with van der Waals surface area (Å²) in [6.07, 6.45) is 0. The van der Waals surface area contributed by atoms with E-state index in [9.17, 15) is 0 Å². The fourth-order valence-corrected chi connectivity index (χ4v) is 8.13. The molecule has 0 amide bonds. The van der Waals surface area contributed by atoms with Crippen molar-refractivity contribution in [2.24, 2.45) is 0 Å². The van der Waals surface area contributed by atoms with Gasteiger partial charge in [0.25, 0.3) is 0 Å². The predicted molar refractivity (Wildman–Crippen MR) is 182 cm³/mol. The highest BCUT2D eigenvalue weighted by Crippen LogP contribution is 2.40. The summed E-state index contributed by atoms with van der Waals surface area (Å²) in [7, 11) is 0. The van der Waals surface area contributed by atoms with E-state index in [2.05, 4.69) is 154 Å². The van der Waals surface area contributed by atoms with Crippen molar-refractivity contribution in [1.29, 1.82) is 0 Å². The van der Waals surface area contributed by atoms with Gasteiger partial charge in [0.15, 0.2) is 0 Å². The van der Waals surface area contributed by atoms with Gasteiger partial charge in [-0.25, -0.2) is 0 Å². The van der Waals surface area contributed by atoms with Crippen LogP contribution in [-0.2, 0) is 0 Å². The highest BCUT2D eigenvalue weighted by atomic mass is 79.9. The Morgan fingerprint density at radius 1 is 0.439 bits per heavy atom. The third kappa shape index (κ3) is 3.53. The van der Waals surface area contributed by atoms with Crippen molar-refractivity contribution < 1.29 is 0 Å². The average molecular weight is 605 g/mol. The molecule has 0 radical (unpaired) electrons. The van der Waals surface area contributed by atoms with Gasteiger partial charge in [0, 0.05) is 41.1 Å². The molecule has 1 nitrogen and oxygen atoms in total. The van der Waals surface area contributed by atoms with Crippen LogP contribution >= 0.6 is 27.3 Å². The molecule has 0 N–H and O–H groups in total. The molecular weight excluding hydrogens is 582 g/mol. The molecule has 0 bridgehead atoms. The van der Waals surface area contributed by atoms with E-state index in [-0.39, 0.29) is 0 Å². The van der Waals surface area contributed by atoms with Crippen molar-refractivity contribution in [2.45, 2.75) is 0 Å². The Morgan fingerprint density at radius 3 is 2.05 bits per heavy atom. The third-order valence-electron chi connectivity index (χ3n) is 8.43. The molecule has 0 fully saturated rings. The molecule has 41 heavy (non-hydrogen) atoms. The SMILES string of the molecule is Brc1ccc2c(c1)sc1ccc(-c3ccc4c(c3)c3ccccc3n4-c3ccc4ccc5ccccc5c4c3)cc12. The summed E-state index contributed by atoms with van der Waals surface area (Å²) in [5.41, 5.74) is 6.12. The van der Waals surface area contributed by atoms with Crippen LogP contribution in [0.4, 0.5) is 0 Å². The van der Waals surface area contributed by atoms with Gasteiger partial charge >= 0.3 is 0 Å². The number of hydrogen-bond acceptors (Lipinski definition) is 1. The first-order valence-corrected chi connectivity index (χ1v) is 15.4. The van der Waals surface area contributed by atoms with Crippen LogP contribution in [0.15, 0.2) is 138 Å². The molecule has 0 saturated carbocycles. The summed E-state index contributed by atoms with van der Waals surface area (Å²) in [6, 6.07) is 49.2. The minimum Gasteiger partial charge on any atom is -0.309 e. The zero-order valence-corrected chi connectivity index (χ0v) is 24.3. The number of thiophene rings is 1. The first-order chi connectivity index (χ1) is 20.2. The second kappa shape index (κ2) is 8.78. The number of halogens is 1. The lowest BCUT2D eigenvalue weighted by Crippen LogP contribution is -1.94. The largest absolute Gasteiger partial charge is 0.309 e. The first kappa shape index (κ1) is 23.3. The number of aromatic nitrogens is 1. The molecule has 0 atom stereocenters. The summed E-state index contributed by atoms with van der Waals surface area (Å²) < 4.78 is 6.18. The van der Waals surface area contributed by atoms with Gasteiger partial charge in [-0.1, -0.05) is 94.8 Å². The van der Waals surface area contributed by atoms with Gasteiger partial charge in [0.1, 0.15) is 0 Å². The van der Waals surface area contributed by atoms with E-state index in [1.54, 1.807) is 0 Å². The lowest BCUT2D eigenvalue weighted by molar-refractivity contribution is 1.19. The molecule has 9 aromatic rings. The van der Waals surface area contributed by atoms with Gasteiger partial charge in [-0.3, -0.25) is 0 Å². The maximum atomic E-state index is 3.63. The van der Waals surface area contributed by atoms with Crippen LogP contribution in [0.5, 0.6) is 0 Å². The summed E-state index contributed by atoms with van der Waals surface area (Å²) in [4.78, 5) is 0. The smallest absolute Gasteiger partial charge is 0.0541 e. The van der Waals surface area contributed by atoms with E-state index in [1.165, 1.54) is 80.3 Å². The zero-order valence-electron chi connectivity index (χ0n) is 21.9. The highest BCUT2D eigenvalue weighted by Gasteiger charge is 2.15. The lowest BCUT2D eigenvalue weighted by Gasteiger charge is -2.11. The first-order valence-electron chi connectivity index (χ1n) is 13.8. The number of hydrogen-bond donors (Lipinski definition) is 0. The van der Waals surface area contributed by atoms with E-state index < -0.39 is 0 Å². The van der Waals surface area contributed by atoms with E-state index in [4.69, 9.17) is 0 Å². The lowest BCUT2D eigenvalue weighted by atomic mass is 10.0. The monoisotopic (exact) mass is 603 g/mol. The minimum absolute atomic E-state index is 1.12. The van der Waals surface area contributed by atoms with Crippen LogP contribution < -0.4 is 0 Å². The summed E-state index contributed by atoms with van der Waals surface area (Å²) in [5, 5.41) is 10.3. The van der Waals surface area contributed by atoms with E-state index in [0.717, 1.165) is 4.47 Å². The van der Waals surface area contributed by atoms with Crippen LogP contribution in [0.2, 0.25) is 0 Å². The molecule has 0 aliphatic heterocycles. The second-order valence-electron chi connectivity index (χ2n) is 10.7. The molecule has 2 aromatic heterocycles. The molecule has 7 aromatic carbocycles. The third-order valence-corrected chi connectivity index (χ3v) is 10.1. The van der Waals surface area contributed by atoms with E-state index in [1.807, 2.05) is 11.3 Å². The van der Waals surface area contributed by atoms with Crippen molar-refractivity contribution >= 4 is 90.8 Å². The molecule has 192 valence electrons. The Hall–Kier alpha value is -4.44. The number of para-hydroxylation sites is 1. The molecule has 0 unspecified atom stereocenters. The normalized spacial score (nSPS) is 12.0. The van der Waals surface area contributed by atoms with Crippen molar-refractivity contribution in [3.8, 4) is 16.8 Å². The van der Waals surface area contributed by atoms with Gasteiger partial charge in [-0.2, -0.15) is 0 Å². The van der Waals surface area contributed by atoms with Crippen LogP contribution in [-0.4, -0.2) is 4.57 Å². The molecule has 0 aliphatic carbocycles. The van der Waals surface area contributed by atoms with Crippen molar-refractivity contribution in [3.63, 3.8) is 0 Å².